The second-order valence-electron chi connectivity index (χ2n) is 4.78. The van der Waals surface area contributed by atoms with Gasteiger partial charge in [0.1, 0.15) is 4.21 Å². The summed E-state index contributed by atoms with van der Waals surface area (Å²) in [6.07, 6.45) is 0. The molecule has 0 saturated heterocycles. The molecule has 0 bridgehead atoms. The molecule has 0 radical (unpaired) electrons. The van der Waals surface area contributed by atoms with Crippen molar-refractivity contribution in [3.05, 3.63) is 41.3 Å². The lowest BCUT2D eigenvalue weighted by Crippen LogP contribution is -2.14. The highest BCUT2D eigenvalue weighted by atomic mass is 32.2. The van der Waals surface area contributed by atoms with Gasteiger partial charge in [-0.25, -0.2) is 13.6 Å². The van der Waals surface area contributed by atoms with Crippen LogP contribution in [-0.2, 0) is 15.6 Å². The van der Waals surface area contributed by atoms with E-state index >= 15 is 0 Å². The number of primary sulfonamides is 1. The van der Waals surface area contributed by atoms with Gasteiger partial charge in [-0.15, -0.1) is 11.3 Å². The molecule has 0 unspecified atom stereocenters. The predicted octanol–water partition coefficient (Wildman–Crippen LogP) is 2.29. The van der Waals surface area contributed by atoms with Gasteiger partial charge in [-0.1, -0.05) is 30.3 Å². The molecule has 1 aromatic carbocycles. The molecule has 6 heteroatoms. The Kier molecular flexibility index (Phi) is 3.53. The van der Waals surface area contributed by atoms with Gasteiger partial charge < -0.3 is 5.11 Å². The maximum absolute atomic E-state index is 11.5. The van der Waals surface area contributed by atoms with E-state index in [2.05, 4.69) is 0 Å². The lowest BCUT2D eigenvalue weighted by atomic mass is 9.99. The van der Waals surface area contributed by atoms with Crippen LogP contribution in [0.25, 0.3) is 11.1 Å². The summed E-state index contributed by atoms with van der Waals surface area (Å²) in [6, 6.07) is 10.8. The molecule has 1 aromatic heterocycles. The summed E-state index contributed by atoms with van der Waals surface area (Å²) >= 11 is 1.01. The van der Waals surface area contributed by atoms with Crippen LogP contribution in [0.15, 0.2) is 40.6 Å². The molecule has 2 aromatic rings. The van der Waals surface area contributed by atoms with Crippen LogP contribution in [0.3, 0.4) is 0 Å². The maximum Gasteiger partial charge on any atom is 0.247 e. The van der Waals surface area contributed by atoms with Crippen molar-refractivity contribution in [2.75, 3.05) is 0 Å². The number of sulfonamides is 1. The Morgan fingerprint density at radius 1 is 1.21 bits per heavy atom. The molecule has 0 aliphatic heterocycles. The van der Waals surface area contributed by atoms with Crippen LogP contribution in [0.4, 0.5) is 0 Å². The van der Waals surface area contributed by atoms with Crippen molar-refractivity contribution in [2.24, 2.45) is 5.14 Å². The largest absolute Gasteiger partial charge is 0.385 e. The first kappa shape index (κ1) is 14.2. The van der Waals surface area contributed by atoms with Crippen LogP contribution < -0.4 is 5.14 Å². The number of hydrogen-bond acceptors (Lipinski definition) is 4. The summed E-state index contributed by atoms with van der Waals surface area (Å²) in [6.45, 7) is 3.25. The van der Waals surface area contributed by atoms with Crippen LogP contribution in [0, 0.1) is 0 Å². The molecule has 0 aliphatic rings. The van der Waals surface area contributed by atoms with Gasteiger partial charge in [-0.05, 0) is 31.0 Å². The van der Waals surface area contributed by atoms with Gasteiger partial charge in [0.25, 0.3) is 0 Å². The monoisotopic (exact) mass is 297 g/mol. The molecule has 0 aliphatic carbocycles. The van der Waals surface area contributed by atoms with Crippen LogP contribution in [0.5, 0.6) is 0 Å². The molecule has 3 N–H and O–H groups in total. The number of benzene rings is 1. The SMILES string of the molecule is CC(C)(O)c1sc(S(N)(=O)=O)cc1-c1ccccc1. The molecule has 4 nitrogen and oxygen atoms in total. The van der Waals surface area contributed by atoms with Gasteiger partial charge >= 0.3 is 0 Å². The first-order valence-corrected chi connectivity index (χ1v) is 8.01. The Morgan fingerprint density at radius 3 is 2.26 bits per heavy atom. The minimum Gasteiger partial charge on any atom is -0.385 e. The zero-order chi connectivity index (χ0) is 14.3. The lowest BCUT2D eigenvalue weighted by Gasteiger charge is -2.17. The molecule has 0 spiro atoms. The molecular weight excluding hydrogens is 282 g/mol. The minimum atomic E-state index is -3.77. The fourth-order valence-electron chi connectivity index (χ4n) is 1.80. The molecule has 0 fully saturated rings. The molecule has 0 saturated carbocycles. The van der Waals surface area contributed by atoms with E-state index in [9.17, 15) is 13.5 Å². The Labute approximate surface area is 116 Å². The van der Waals surface area contributed by atoms with E-state index < -0.39 is 15.6 Å². The van der Waals surface area contributed by atoms with Crippen molar-refractivity contribution >= 4 is 21.4 Å². The number of aliphatic hydroxyl groups is 1. The van der Waals surface area contributed by atoms with E-state index in [-0.39, 0.29) is 4.21 Å². The van der Waals surface area contributed by atoms with Gasteiger partial charge in [-0.3, -0.25) is 0 Å². The highest BCUT2D eigenvalue weighted by molar-refractivity contribution is 7.91. The summed E-state index contributed by atoms with van der Waals surface area (Å²) < 4.78 is 23.0. The maximum atomic E-state index is 11.5. The van der Waals surface area contributed by atoms with E-state index in [1.54, 1.807) is 13.8 Å². The second-order valence-corrected chi connectivity index (χ2v) is 7.62. The van der Waals surface area contributed by atoms with Crippen molar-refractivity contribution in [1.29, 1.82) is 0 Å². The van der Waals surface area contributed by atoms with Crippen LogP contribution in [0.1, 0.15) is 18.7 Å². The number of rotatable bonds is 3. The van der Waals surface area contributed by atoms with Crippen molar-refractivity contribution in [1.82, 2.24) is 0 Å². The Balaban J connectivity index is 2.70. The van der Waals surface area contributed by atoms with E-state index in [0.29, 0.717) is 10.4 Å². The summed E-state index contributed by atoms with van der Waals surface area (Å²) in [5.74, 6) is 0. The highest BCUT2D eigenvalue weighted by Gasteiger charge is 2.26. The highest BCUT2D eigenvalue weighted by Crippen LogP contribution is 2.39. The standard InChI is InChI=1S/C13H15NO3S2/c1-13(2,15)12-10(9-6-4-3-5-7-9)8-11(18-12)19(14,16)17/h3-8,15H,1-2H3,(H2,14,16,17). The zero-order valence-electron chi connectivity index (χ0n) is 10.6. The quantitative estimate of drug-likeness (QED) is 0.912. The summed E-state index contributed by atoms with van der Waals surface area (Å²) in [7, 11) is -3.77. The number of thiophene rings is 1. The minimum absolute atomic E-state index is 0.0588. The topological polar surface area (TPSA) is 80.4 Å². The van der Waals surface area contributed by atoms with Crippen molar-refractivity contribution in [3.63, 3.8) is 0 Å². The van der Waals surface area contributed by atoms with Crippen LogP contribution >= 0.6 is 11.3 Å². The lowest BCUT2D eigenvalue weighted by molar-refractivity contribution is 0.0831. The van der Waals surface area contributed by atoms with E-state index in [1.807, 2.05) is 30.3 Å². The summed E-state index contributed by atoms with van der Waals surface area (Å²) in [5, 5.41) is 15.3. The second kappa shape index (κ2) is 4.72. The molecule has 2 rings (SSSR count). The fraction of sp³-hybridized carbons (Fsp3) is 0.231. The third kappa shape index (κ3) is 3.03. The Morgan fingerprint density at radius 2 is 1.79 bits per heavy atom. The summed E-state index contributed by atoms with van der Waals surface area (Å²) in [4.78, 5) is 0.586. The van der Waals surface area contributed by atoms with Gasteiger partial charge in [0.2, 0.25) is 10.0 Å². The average molecular weight is 297 g/mol. The third-order valence-corrected chi connectivity index (χ3v) is 5.50. The summed E-state index contributed by atoms with van der Waals surface area (Å²) in [5.41, 5.74) is 0.423. The fourth-order valence-corrected chi connectivity index (χ4v) is 3.71. The van der Waals surface area contributed by atoms with Gasteiger partial charge in [0, 0.05) is 4.88 Å². The van der Waals surface area contributed by atoms with Crippen molar-refractivity contribution < 1.29 is 13.5 Å². The average Bonchev–Trinajstić information content (AvgIpc) is 2.74. The molecule has 0 atom stereocenters. The third-order valence-electron chi connectivity index (χ3n) is 2.63. The van der Waals surface area contributed by atoms with Crippen LogP contribution in [-0.4, -0.2) is 13.5 Å². The molecule has 102 valence electrons. The zero-order valence-corrected chi connectivity index (χ0v) is 12.3. The molecule has 0 amide bonds. The van der Waals surface area contributed by atoms with E-state index in [0.717, 1.165) is 16.9 Å². The van der Waals surface area contributed by atoms with Crippen molar-refractivity contribution in [3.8, 4) is 11.1 Å². The Hall–Kier alpha value is -1.21. The van der Waals surface area contributed by atoms with E-state index in [4.69, 9.17) is 5.14 Å². The predicted molar refractivity (Wildman–Crippen MR) is 76.4 cm³/mol. The number of hydrogen-bond donors (Lipinski definition) is 2. The van der Waals surface area contributed by atoms with E-state index in [1.165, 1.54) is 6.07 Å². The molecule has 1 heterocycles. The van der Waals surface area contributed by atoms with Crippen LogP contribution in [0.2, 0.25) is 0 Å². The molecular formula is C13H15NO3S2. The van der Waals surface area contributed by atoms with Crippen molar-refractivity contribution in [2.45, 2.75) is 23.7 Å². The normalized spacial score (nSPS) is 12.6. The van der Waals surface area contributed by atoms with Gasteiger partial charge in [-0.2, -0.15) is 0 Å². The van der Waals surface area contributed by atoms with Gasteiger partial charge in [0.05, 0.1) is 5.60 Å². The Bertz CT molecular complexity index is 682. The smallest absolute Gasteiger partial charge is 0.247 e. The first-order valence-electron chi connectivity index (χ1n) is 5.64. The number of nitrogens with two attached hydrogens (primary N) is 1. The molecule has 19 heavy (non-hydrogen) atoms. The first-order chi connectivity index (χ1) is 8.69. The van der Waals surface area contributed by atoms with Gasteiger partial charge in [0.15, 0.2) is 0 Å².